The van der Waals surface area contributed by atoms with Crippen LogP contribution in [0.15, 0.2) is 15.6 Å². The van der Waals surface area contributed by atoms with E-state index < -0.39 is 0 Å². The lowest BCUT2D eigenvalue weighted by molar-refractivity contribution is 0.438. The Kier molecular flexibility index (Phi) is 4.01. The minimum atomic E-state index is 0. The Balaban J connectivity index is 0.00000144. The first-order valence-electron chi connectivity index (χ1n) is 5.23. The summed E-state index contributed by atoms with van der Waals surface area (Å²) in [5, 5.41) is 5.22. The van der Waals surface area contributed by atoms with Crippen LogP contribution < -0.4 is 16.8 Å². The molecule has 0 aromatic carbocycles. The Morgan fingerprint density at radius 1 is 1.41 bits per heavy atom. The van der Waals surface area contributed by atoms with Gasteiger partial charge in [0, 0.05) is 19.2 Å². The first kappa shape index (κ1) is 13.4. The van der Waals surface area contributed by atoms with Crippen molar-refractivity contribution in [3.05, 3.63) is 11.4 Å². The summed E-state index contributed by atoms with van der Waals surface area (Å²) in [7, 11) is 0. The summed E-state index contributed by atoms with van der Waals surface area (Å²) in [6.07, 6.45) is 0. The van der Waals surface area contributed by atoms with Crippen LogP contribution in [-0.2, 0) is 6.54 Å². The highest BCUT2D eigenvalue weighted by molar-refractivity contribution is 5.85. The molecule has 2 aromatic rings. The Hall–Kier alpha value is -1.69. The van der Waals surface area contributed by atoms with Crippen molar-refractivity contribution in [2.75, 3.05) is 18.0 Å². The van der Waals surface area contributed by atoms with E-state index in [2.05, 4.69) is 10.1 Å². The molecule has 0 saturated heterocycles. The van der Waals surface area contributed by atoms with E-state index in [0.29, 0.717) is 30.4 Å². The maximum absolute atomic E-state index is 5.91. The zero-order chi connectivity index (χ0) is 11.7. The number of rotatable bonds is 2. The Morgan fingerprint density at radius 2 is 2.12 bits per heavy atom. The maximum Gasteiger partial charge on any atom is 0.244 e. The number of hydrogen-bond acceptors (Lipinski definition) is 5. The fourth-order valence-electron chi connectivity index (χ4n) is 1.75. The van der Waals surface area contributed by atoms with Crippen molar-refractivity contribution in [1.29, 1.82) is 0 Å². The van der Waals surface area contributed by atoms with Gasteiger partial charge in [-0.2, -0.15) is 0 Å². The fraction of sp³-hybridized carbons (Fsp3) is 0.400. The number of fused-ring (bicyclic) bond motifs is 1. The predicted octanol–water partition coefficient (Wildman–Crippen LogP) is 1.16. The molecule has 0 radical (unpaired) electrons. The van der Waals surface area contributed by atoms with Crippen molar-refractivity contribution >= 4 is 35.1 Å². The molecule has 0 aliphatic carbocycles. The average molecular weight is 258 g/mol. The second-order valence-electron chi connectivity index (χ2n) is 3.42. The van der Waals surface area contributed by atoms with E-state index in [-0.39, 0.29) is 12.4 Å². The second-order valence-corrected chi connectivity index (χ2v) is 3.42. The summed E-state index contributed by atoms with van der Waals surface area (Å²) < 4.78 is 7.00. The van der Waals surface area contributed by atoms with Crippen molar-refractivity contribution in [3.8, 4) is 0 Å². The van der Waals surface area contributed by atoms with Crippen LogP contribution in [0.2, 0.25) is 0 Å². The number of anilines is 2. The van der Waals surface area contributed by atoms with E-state index in [4.69, 9.17) is 16.0 Å². The van der Waals surface area contributed by atoms with Crippen LogP contribution in [-0.4, -0.2) is 16.3 Å². The lowest BCUT2D eigenvalue weighted by Gasteiger charge is -2.07. The molecule has 2 heterocycles. The third-order valence-corrected chi connectivity index (χ3v) is 2.44. The molecule has 2 rings (SSSR count). The van der Waals surface area contributed by atoms with Gasteiger partial charge in [0.2, 0.25) is 5.71 Å². The van der Waals surface area contributed by atoms with Crippen LogP contribution in [0.5, 0.6) is 0 Å². The number of nitrogens with two attached hydrogens (primary N) is 2. The van der Waals surface area contributed by atoms with Gasteiger partial charge in [0.05, 0.1) is 5.36 Å². The Morgan fingerprint density at radius 3 is 2.71 bits per heavy atom. The number of pyridine rings is 1. The molecule has 7 heteroatoms. The van der Waals surface area contributed by atoms with E-state index in [0.717, 1.165) is 10.7 Å². The summed E-state index contributed by atoms with van der Waals surface area (Å²) in [5.41, 5.74) is 12.2. The quantitative estimate of drug-likeness (QED) is 0.844. The van der Waals surface area contributed by atoms with Gasteiger partial charge in [0.1, 0.15) is 11.2 Å². The summed E-state index contributed by atoms with van der Waals surface area (Å²) in [6.45, 7) is 5.29. The molecule has 0 aliphatic rings. The highest BCUT2D eigenvalue weighted by Gasteiger charge is 2.12. The Labute approximate surface area is 105 Å². The second kappa shape index (κ2) is 5.09. The molecule has 2 aromatic heterocycles. The Bertz CT molecular complexity index is 586. The van der Waals surface area contributed by atoms with Crippen LogP contribution in [0.4, 0.5) is 11.6 Å². The molecule has 0 amide bonds. The number of aromatic nitrogens is 2. The van der Waals surface area contributed by atoms with Crippen LogP contribution in [0, 0.1) is 0 Å². The molecular weight excluding hydrogens is 242 g/mol. The van der Waals surface area contributed by atoms with Crippen molar-refractivity contribution in [1.82, 2.24) is 9.72 Å². The molecule has 0 unspecified atom stereocenters. The van der Waals surface area contributed by atoms with Gasteiger partial charge < -0.3 is 16.0 Å². The fourth-order valence-corrected chi connectivity index (χ4v) is 1.75. The molecular formula is C10H16ClN5O. The summed E-state index contributed by atoms with van der Waals surface area (Å²) in [6, 6.07) is 1.79. The van der Waals surface area contributed by atoms with Gasteiger partial charge in [0.25, 0.3) is 0 Å². The van der Waals surface area contributed by atoms with Crippen LogP contribution >= 0.6 is 12.4 Å². The number of hydrogen-bond donors (Lipinski definition) is 2. The minimum Gasteiger partial charge on any atom is -0.385 e. The molecule has 0 saturated carbocycles. The minimum absolute atomic E-state index is 0. The van der Waals surface area contributed by atoms with E-state index in [1.165, 1.54) is 0 Å². The monoisotopic (exact) mass is 257 g/mol. The average Bonchev–Trinajstić information content (AvgIpc) is 2.62. The third kappa shape index (κ3) is 2.08. The van der Waals surface area contributed by atoms with Crippen LogP contribution in [0.1, 0.15) is 13.8 Å². The summed E-state index contributed by atoms with van der Waals surface area (Å²) >= 11 is 0. The highest BCUT2D eigenvalue weighted by Crippen LogP contribution is 2.19. The zero-order valence-electron chi connectivity index (χ0n) is 9.80. The lowest BCUT2D eigenvalue weighted by atomic mass is 10.3. The number of halogens is 1. The summed E-state index contributed by atoms with van der Waals surface area (Å²) in [5.74, 6) is 0.947. The number of aryl methyl sites for hydroxylation is 1. The van der Waals surface area contributed by atoms with Gasteiger partial charge in [0.15, 0.2) is 5.82 Å². The predicted molar refractivity (Wildman–Crippen MR) is 69.8 cm³/mol. The van der Waals surface area contributed by atoms with Crippen LogP contribution in [0.25, 0.3) is 11.1 Å². The molecule has 94 valence electrons. The molecule has 4 N–H and O–H groups in total. The molecule has 6 nitrogen and oxygen atoms in total. The molecule has 0 fully saturated rings. The van der Waals surface area contributed by atoms with E-state index in [1.807, 2.05) is 18.4 Å². The highest BCUT2D eigenvalue weighted by atomic mass is 35.5. The number of nitrogens with zero attached hydrogens (tertiary/aromatic N) is 3. The SMILES string of the molecule is CCN=c1cc(N)n(CC)c2onc(N)c12.Cl. The normalized spacial score (nSPS) is 11.8. The van der Waals surface area contributed by atoms with Crippen molar-refractivity contribution in [3.63, 3.8) is 0 Å². The largest absolute Gasteiger partial charge is 0.385 e. The van der Waals surface area contributed by atoms with Crippen molar-refractivity contribution in [2.24, 2.45) is 4.99 Å². The smallest absolute Gasteiger partial charge is 0.244 e. The van der Waals surface area contributed by atoms with Crippen LogP contribution in [0.3, 0.4) is 0 Å². The maximum atomic E-state index is 5.91. The first-order valence-corrected chi connectivity index (χ1v) is 5.23. The van der Waals surface area contributed by atoms with E-state index in [9.17, 15) is 0 Å². The van der Waals surface area contributed by atoms with E-state index in [1.54, 1.807) is 6.07 Å². The van der Waals surface area contributed by atoms with Gasteiger partial charge >= 0.3 is 0 Å². The summed E-state index contributed by atoms with van der Waals surface area (Å²) in [4.78, 5) is 4.33. The van der Waals surface area contributed by atoms with Gasteiger partial charge in [-0.1, -0.05) is 5.16 Å². The third-order valence-electron chi connectivity index (χ3n) is 2.44. The topological polar surface area (TPSA) is 95.4 Å². The van der Waals surface area contributed by atoms with Crippen molar-refractivity contribution < 1.29 is 4.52 Å². The molecule has 0 atom stereocenters. The van der Waals surface area contributed by atoms with Gasteiger partial charge in [-0.3, -0.25) is 9.56 Å². The molecule has 17 heavy (non-hydrogen) atoms. The first-order chi connectivity index (χ1) is 7.69. The molecule has 0 bridgehead atoms. The molecule has 0 aliphatic heterocycles. The zero-order valence-corrected chi connectivity index (χ0v) is 10.6. The van der Waals surface area contributed by atoms with Gasteiger partial charge in [-0.15, -0.1) is 12.4 Å². The van der Waals surface area contributed by atoms with Gasteiger partial charge in [-0.25, -0.2) is 0 Å². The van der Waals surface area contributed by atoms with Gasteiger partial charge in [-0.05, 0) is 13.8 Å². The standard InChI is InChI=1S/C10H15N5O.ClH/c1-3-13-6-5-7(11)15(4-2)10-8(6)9(12)14-16-10;/h5H,3-4,11H2,1-2H3,(H2,12,14);1H. The lowest BCUT2D eigenvalue weighted by Crippen LogP contribution is -2.14. The number of nitrogen functional groups attached to an aromatic ring is 2. The van der Waals surface area contributed by atoms with Crippen molar-refractivity contribution in [2.45, 2.75) is 20.4 Å². The van der Waals surface area contributed by atoms with E-state index >= 15 is 0 Å². The molecule has 0 spiro atoms.